The summed E-state index contributed by atoms with van der Waals surface area (Å²) in [5.41, 5.74) is 7.45. The van der Waals surface area contributed by atoms with E-state index in [4.69, 9.17) is 5.73 Å². The highest BCUT2D eigenvalue weighted by atomic mass is 32.2. The van der Waals surface area contributed by atoms with Gasteiger partial charge in [-0.1, -0.05) is 60.4 Å². The second-order valence-corrected chi connectivity index (χ2v) is 11.3. The van der Waals surface area contributed by atoms with Crippen molar-refractivity contribution in [1.82, 2.24) is 9.30 Å². The van der Waals surface area contributed by atoms with Gasteiger partial charge in [-0.3, -0.25) is 4.79 Å². The summed E-state index contributed by atoms with van der Waals surface area (Å²) in [4.78, 5) is 28.0. The number of thiazole rings is 1. The number of carbonyl (C=O) groups is 2. The van der Waals surface area contributed by atoms with Gasteiger partial charge in [-0.2, -0.15) is 4.40 Å². The highest BCUT2D eigenvalue weighted by molar-refractivity contribution is 7.99. The Kier molecular flexibility index (Phi) is 6.47. The van der Waals surface area contributed by atoms with Crippen LogP contribution in [0.2, 0.25) is 0 Å². The lowest BCUT2D eigenvalue weighted by Crippen LogP contribution is -2.64. The summed E-state index contributed by atoms with van der Waals surface area (Å²) in [5.74, 6) is -1.66. The Labute approximate surface area is 211 Å². The molecule has 10 heteroatoms. The van der Waals surface area contributed by atoms with Crippen molar-refractivity contribution in [2.24, 2.45) is 17.6 Å². The summed E-state index contributed by atoms with van der Waals surface area (Å²) >= 11 is 3.26. The topological polar surface area (TPSA) is 115 Å². The summed E-state index contributed by atoms with van der Waals surface area (Å²) in [6.07, 6.45) is 4.03. The molecule has 0 aliphatic carbocycles. The van der Waals surface area contributed by atoms with Crippen molar-refractivity contribution in [2.75, 3.05) is 12.3 Å². The molecule has 1 amide bonds. The average Bonchev–Trinajstić information content (AvgIpc) is 3.43. The fraction of sp³-hybridized carbons (Fsp3) is 0.400. The van der Waals surface area contributed by atoms with Gasteiger partial charge in [0.05, 0.1) is 34.6 Å². The van der Waals surface area contributed by atoms with E-state index in [1.807, 2.05) is 42.0 Å². The lowest BCUT2D eigenvalue weighted by Gasteiger charge is -2.47. The molecule has 3 N–H and O–H groups in total. The normalized spacial score (nSPS) is 22.6. The van der Waals surface area contributed by atoms with Crippen molar-refractivity contribution >= 4 is 45.4 Å². The molecule has 184 valence electrons. The Morgan fingerprint density at radius 3 is 2.74 bits per heavy atom. The number of aliphatic carboxylic acids is 1. The molecule has 3 aromatic rings. The van der Waals surface area contributed by atoms with E-state index in [-0.39, 0.29) is 23.6 Å². The molecule has 2 aromatic heterocycles. The number of imidazole rings is 1. The molecule has 0 bridgehead atoms. The van der Waals surface area contributed by atoms with Crippen LogP contribution < -0.4 is 15.4 Å². The quantitative estimate of drug-likeness (QED) is 0.192. The molecule has 1 fully saturated rings. The molecule has 4 atom stereocenters. The SMILES string of the molecule is C[C@@H](O)[C@H]1C(=O)N2C(C(=O)[O-])=C(c3cn4c[n+](Cc5ccccc5)c(SCCCN)c4s3)[C@H](C)[C@H]12. The zero-order valence-electron chi connectivity index (χ0n) is 19.6. The minimum absolute atomic E-state index is 0.0663. The second kappa shape index (κ2) is 9.42. The number of aliphatic hydroxyl groups excluding tert-OH is 1. The van der Waals surface area contributed by atoms with Crippen LogP contribution in [0.4, 0.5) is 0 Å². The van der Waals surface area contributed by atoms with Crippen LogP contribution in [0.15, 0.2) is 53.6 Å². The molecule has 2 aliphatic rings. The van der Waals surface area contributed by atoms with Crippen LogP contribution >= 0.6 is 23.1 Å². The van der Waals surface area contributed by atoms with E-state index < -0.39 is 18.0 Å². The molecule has 4 heterocycles. The number of aromatic nitrogens is 2. The Hall–Kier alpha value is -2.66. The summed E-state index contributed by atoms with van der Waals surface area (Å²) in [6, 6.07) is 9.86. The maximum Gasteiger partial charge on any atom is 0.250 e. The number of benzene rings is 1. The second-order valence-electron chi connectivity index (χ2n) is 9.14. The summed E-state index contributed by atoms with van der Waals surface area (Å²) in [5, 5.41) is 23.4. The number of carboxylic acid groups (broad SMARTS) is 1. The minimum atomic E-state index is -1.36. The number of aliphatic hydroxyl groups is 1. The van der Waals surface area contributed by atoms with Crippen LogP contribution in [-0.2, 0) is 16.1 Å². The number of rotatable bonds is 9. The van der Waals surface area contributed by atoms with Crippen molar-refractivity contribution in [3.8, 4) is 0 Å². The van der Waals surface area contributed by atoms with Gasteiger partial charge in [0.2, 0.25) is 15.8 Å². The van der Waals surface area contributed by atoms with Crippen molar-refractivity contribution < 1.29 is 24.4 Å². The molecule has 2 aliphatic heterocycles. The van der Waals surface area contributed by atoms with Gasteiger partial charge in [0, 0.05) is 17.2 Å². The molecule has 1 saturated heterocycles. The fourth-order valence-corrected chi connectivity index (χ4v) is 7.72. The number of nitrogens with two attached hydrogens (primary N) is 1. The summed E-state index contributed by atoms with van der Waals surface area (Å²) < 4.78 is 4.24. The van der Waals surface area contributed by atoms with Gasteiger partial charge in [-0.25, -0.2) is 4.57 Å². The minimum Gasteiger partial charge on any atom is -0.543 e. The first-order chi connectivity index (χ1) is 16.8. The monoisotopic (exact) mass is 512 g/mol. The molecule has 35 heavy (non-hydrogen) atoms. The zero-order valence-corrected chi connectivity index (χ0v) is 21.2. The van der Waals surface area contributed by atoms with E-state index in [9.17, 15) is 19.8 Å². The highest BCUT2D eigenvalue weighted by Gasteiger charge is 2.59. The first-order valence-corrected chi connectivity index (χ1v) is 13.5. The molecular formula is C25H28N4O4S2. The van der Waals surface area contributed by atoms with Crippen molar-refractivity contribution in [2.45, 2.75) is 44.0 Å². The van der Waals surface area contributed by atoms with Crippen molar-refractivity contribution in [1.29, 1.82) is 0 Å². The number of amides is 1. The van der Waals surface area contributed by atoms with Crippen LogP contribution in [0, 0.1) is 11.8 Å². The van der Waals surface area contributed by atoms with E-state index in [0.717, 1.165) is 33.5 Å². The van der Waals surface area contributed by atoms with Crippen LogP contribution in [-0.4, -0.2) is 50.7 Å². The Bertz CT molecular complexity index is 1310. The van der Waals surface area contributed by atoms with Crippen LogP contribution in [0.25, 0.3) is 10.4 Å². The smallest absolute Gasteiger partial charge is 0.250 e. The van der Waals surface area contributed by atoms with Crippen molar-refractivity contribution in [3.63, 3.8) is 0 Å². The predicted octanol–water partition coefficient (Wildman–Crippen LogP) is 1.10. The summed E-state index contributed by atoms with van der Waals surface area (Å²) in [6.45, 7) is 4.84. The standard InChI is InChI=1S/C25H28N4O4S2/c1-14-18(21(25(32)33)29-20(14)19(15(2)30)22(29)31)17-12-28-13-27(11-16-7-4-3-5-8-16)23(24(28)35-17)34-10-6-9-26/h3-5,7-8,12-15,19-20,30H,6,9-11,26H2,1-2H3/t14-,15+,19+,20+/m0/s1. The van der Waals surface area contributed by atoms with Gasteiger partial charge in [0.15, 0.2) is 0 Å². The lowest BCUT2D eigenvalue weighted by molar-refractivity contribution is -0.721. The van der Waals surface area contributed by atoms with Crippen LogP contribution in [0.1, 0.15) is 30.7 Å². The number of nitrogens with zero attached hydrogens (tertiary/aromatic N) is 3. The van der Waals surface area contributed by atoms with Gasteiger partial charge in [-0.15, -0.1) is 0 Å². The molecule has 5 rings (SSSR count). The molecular weight excluding hydrogens is 484 g/mol. The maximum absolute atomic E-state index is 12.7. The molecule has 8 nitrogen and oxygen atoms in total. The van der Waals surface area contributed by atoms with E-state index >= 15 is 0 Å². The van der Waals surface area contributed by atoms with Crippen LogP contribution in [0.3, 0.4) is 0 Å². The number of thioether (sulfide) groups is 1. The van der Waals surface area contributed by atoms with Gasteiger partial charge in [0.1, 0.15) is 12.7 Å². The third-order valence-corrected chi connectivity index (χ3v) is 9.28. The molecule has 1 aromatic carbocycles. The van der Waals surface area contributed by atoms with Gasteiger partial charge in [-0.05, 0) is 25.5 Å². The van der Waals surface area contributed by atoms with E-state index in [1.165, 1.54) is 21.8 Å². The molecule has 0 radical (unpaired) electrons. The maximum atomic E-state index is 12.7. The summed E-state index contributed by atoms with van der Waals surface area (Å²) in [7, 11) is 0. The van der Waals surface area contributed by atoms with Gasteiger partial charge < -0.3 is 25.6 Å². The molecule has 0 spiro atoms. The fourth-order valence-electron chi connectivity index (χ4n) is 5.23. The average molecular weight is 513 g/mol. The number of carboxylic acids is 1. The van der Waals surface area contributed by atoms with Crippen LogP contribution in [0.5, 0.6) is 0 Å². The Balaban J connectivity index is 1.56. The van der Waals surface area contributed by atoms with Gasteiger partial charge in [0.25, 0.3) is 6.33 Å². The molecule has 0 saturated carbocycles. The number of fused-ring (bicyclic) bond motifs is 2. The first-order valence-electron chi connectivity index (χ1n) is 11.7. The number of β-lactam (4-membered cyclic amide) rings is 1. The molecule has 0 unspecified atom stereocenters. The first kappa shape index (κ1) is 24.1. The predicted molar refractivity (Wildman–Crippen MR) is 132 cm³/mol. The largest absolute Gasteiger partial charge is 0.543 e. The number of hydrogen-bond acceptors (Lipinski definition) is 7. The zero-order chi connectivity index (χ0) is 24.9. The third kappa shape index (κ3) is 3.98. The number of carbonyl (C=O) groups excluding carboxylic acids is 2. The Morgan fingerprint density at radius 2 is 2.09 bits per heavy atom. The lowest BCUT2D eigenvalue weighted by atomic mass is 9.77. The number of hydrogen-bond donors (Lipinski definition) is 2. The highest BCUT2D eigenvalue weighted by Crippen LogP contribution is 2.51. The third-order valence-electron chi connectivity index (χ3n) is 6.82. The van der Waals surface area contributed by atoms with E-state index in [1.54, 1.807) is 18.7 Å². The van der Waals surface area contributed by atoms with E-state index in [2.05, 4.69) is 16.7 Å². The Morgan fingerprint density at radius 1 is 1.34 bits per heavy atom. The van der Waals surface area contributed by atoms with Gasteiger partial charge >= 0.3 is 0 Å². The van der Waals surface area contributed by atoms with Crippen molar-refractivity contribution in [3.05, 3.63) is 59.0 Å². The van der Waals surface area contributed by atoms with E-state index in [0.29, 0.717) is 12.1 Å².